The van der Waals surface area contributed by atoms with Crippen LogP contribution >= 0.6 is 0 Å². The van der Waals surface area contributed by atoms with Crippen molar-refractivity contribution in [1.29, 1.82) is 0 Å². The number of aryl methyl sites for hydroxylation is 1. The van der Waals surface area contributed by atoms with Gasteiger partial charge in [0.2, 0.25) is 11.8 Å². The van der Waals surface area contributed by atoms with E-state index in [-0.39, 0.29) is 0 Å². The van der Waals surface area contributed by atoms with Crippen LogP contribution in [0.4, 0.5) is 0 Å². The van der Waals surface area contributed by atoms with Gasteiger partial charge in [-0.3, -0.25) is 4.79 Å². The van der Waals surface area contributed by atoms with Crippen LogP contribution in [0.15, 0.2) is 36.5 Å². The number of carbonyl (C=O) groups excluding carboxylic acids is 1. The second kappa shape index (κ2) is 9.00. The lowest BCUT2D eigenvalue weighted by atomic mass is 9.82. The van der Waals surface area contributed by atoms with Gasteiger partial charge in [0.1, 0.15) is 5.75 Å². The van der Waals surface area contributed by atoms with Crippen LogP contribution in [0.25, 0.3) is 0 Å². The molecule has 144 valence electrons. The second-order valence-electron chi connectivity index (χ2n) is 7.69. The number of nitrogens with two attached hydrogens (primary N) is 1. The summed E-state index contributed by atoms with van der Waals surface area (Å²) in [5.41, 5.74) is 8.42. The van der Waals surface area contributed by atoms with Gasteiger partial charge in [-0.25, -0.2) is 4.98 Å². The number of fused-ring (bicyclic) bond motifs is 1. The molecule has 0 bridgehead atoms. The predicted molar refractivity (Wildman–Crippen MR) is 107 cm³/mol. The van der Waals surface area contributed by atoms with E-state index in [4.69, 9.17) is 10.5 Å². The Hall–Kier alpha value is -2.40. The number of primary amides is 1. The third kappa shape index (κ3) is 5.30. The normalized spacial score (nSPS) is 16.2. The van der Waals surface area contributed by atoms with E-state index in [2.05, 4.69) is 36.3 Å². The van der Waals surface area contributed by atoms with Crippen molar-refractivity contribution in [3.8, 4) is 11.6 Å². The molecule has 0 radical (unpaired) electrons. The van der Waals surface area contributed by atoms with E-state index in [1.54, 1.807) is 12.1 Å². The Bertz CT molecular complexity index is 772. The molecule has 0 aliphatic heterocycles. The van der Waals surface area contributed by atoms with Gasteiger partial charge in [0.05, 0.1) is 5.56 Å². The van der Waals surface area contributed by atoms with E-state index in [0.717, 1.165) is 31.2 Å². The van der Waals surface area contributed by atoms with Gasteiger partial charge in [-0.15, -0.1) is 0 Å². The number of nitrogens with zero attached hydrogens (tertiary/aromatic N) is 1. The van der Waals surface area contributed by atoms with Crippen LogP contribution in [0.2, 0.25) is 0 Å². The van der Waals surface area contributed by atoms with Crippen molar-refractivity contribution >= 4 is 5.91 Å². The van der Waals surface area contributed by atoms with Gasteiger partial charge >= 0.3 is 0 Å². The number of hydrogen-bond donors (Lipinski definition) is 2. The lowest BCUT2D eigenvalue weighted by Gasteiger charge is -2.26. The summed E-state index contributed by atoms with van der Waals surface area (Å²) in [5, 5.41) is 3.62. The Morgan fingerprint density at radius 1 is 1.33 bits per heavy atom. The number of ether oxygens (including phenoxy) is 1. The van der Waals surface area contributed by atoms with Crippen molar-refractivity contribution in [3.63, 3.8) is 0 Å². The maximum atomic E-state index is 11.1. The molecule has 2 aromatic rings. The minimum absolute atomic E-state index is 0.375. The Labute approximate surface area is 161 Å². The first-order chi connectivity index (χ1) is 13.0. The predicted octanol–water partition coefficient (Wildman–Crippen LogP) is 4.03. The number of nitrogens with one attached hydrogen (secondary N) is 1. The molecule has 1 aliphatic carbocycles. The van der Waals surface area contributed by atoms with Gasteiger partial charge in [-0.1, -0.05) is 19.9 Å². The summed E-state index contributed by atoms with van der Waals surface area (Å²) in [5.74, 6) is 2.00. The van der Waals surface area contributed by atoms with Gasteiger partial charge in [-0.05, 0) is 73.4 Å². The Morgan fingerprint density at radius 3 is 2.89 bits per heavy atom. The van der Waals surface area contributed by atoms with Gasteiger partial charge in [0.15, 0.2) is 0 Å². The first kappa shape index (κ1) is 19.4. The molecule has 3 N–H and O–H groups in total. The summed E-state index contributed by atoms with van der Waals surface area (Å²) in [6.07, 6.45) is 6.22. The third-order valence-corrected chi connectivity index (χ3v) is 5.09. The molecule has 5 heteroatoms. The molecule has 1 amide bonds. The Morgan fingerprint density at radius 2 is 2.19 bits per heavy atom. The van der Waals surface area contributed by atoms with E-state index in [9.17, 15) is 4.79 Å². The van der Waals surface area contributed by atoms with E-state index >= 15 is 0 Å². The van der Waals surface area contributed by atoms with Crippen molar-refractivity contribution < 1.29 is 9.53 Å². The van der Waals surface area contributed by atoms with Gasteiger partial charge in [0.25, 0.3) is 0 Å². The third-order valence-electron chi connectivity index (χ3n) is 5.09. The minimum Gasteiger partial charge on any atom is -0.439 e. The zero-order chi connectivity index (χ0) is 19.2. The highest BCUT2D eigenvalue weighted by Gasteiger charge is 2.20. The highest BCUT2D eigenvalue weighted by Crippen LogP contribution is 2.34. The van der Waals surface area contributed by atoms with Crippen molar-refractivity contribution in [1.82, 2.24) is 10.3 Å². The van der Waals surface area contributed by atoms with Gasteiger partial charge in [0, 0.05) is 18.8 Å². The van der Waals surface area contributed by atoms with Crippen LogP contribution in [0, 0.1) is 5.92 Å². The largest absolute Gasteiger partial charge is 0.439 e. The molecular weight excluding hydrogens is 338 g/mol. The number of amides is 1. The van der Waals surface area contributed by atoms with Crippen molar-refractivity contribution in [3.05, 3.63) is 53.2 Å². The minimum atomic E-state index is -0.490. The fraction of sp³-hybridized carbons (Fsp3) is 0.455. The van der Waals surface area contributed by atoms with Crippen molar-refractivity contribution in [2.45, 2.75) is 45.4 Å². The standard InChI is InChI=1S/C22H29N3O2/c1-15(2)10-11-24-13-17-5-3-4-16-6-8-19(12-20(16)17)27-21-9-7-18(14-25-21)22(23)26/h6-9,12,14-15,17,24H,3-5,10-11,13H2,1-2H3,(H2,23,26). The first-order valence-corrected chi connectivity index (χ1v) is 9.80. The summed E-state index contributed by atoms with van der Waals surface area (Å²) in [7, 11) is 0. The molecule has 3 rings (SSSR count). The number of hydrogen-bond acceptors (Lipinski definition) is 4. The zero-order valence-corrected chi connectivity index (χ0v) is 16.2. The topological polar surface area (TPSA) is 77.2 Å². The van der Waals surface area contributed by atoms with Gasteiger partial charge in [-0.2, -0.15) is 0 Å². The summed E-state index contributed by atoms with van der Waals surface area (Å²) < 4.78 is 5.90. The monoisotopic (exact) mass is 367 g/mol. The van der Waals surface area contributed by atoms with Crippen LogP contribution in [0.1, 0.15) is 60.5 Å². The summed E-state index contributed by atoms with van der Waals surface area (Å²) in [6, 6.07) is 9.61. The number of aromatic nitrogens is 1. The first-order valence-electron chi connectivity index (χ1n) is 9.80. The summed E-state index contributed by atoms with van der Waals surface area (Å²) in [4.78, 5) is 15.3. The molecule has 1 unspecified atom stereocenters. The lowest BCUT2D eigenvalue weighted by Crippen LogP contribution is -2.26. The highest BCUT2D eigenvalue weighted by molar-refractivity contribution is 5.92. The fourth-order valence-electron chi connectivity index (χ4n) is 3.52. The SMILES string of the molecule is CC(C)CCNCC1CCCc2ccc(Oc3ccc(C(N)=O)cn3)cc21. The van der Waals surface area contributed by atoms with Crippen LogP contribution in [0.5, 0.6) is 11.6 Å². The van der Waals surface area contributed by atoms with E-state index in [0.29, 0.717) is 17.4 Å². The van der Waals surface area contributed by atoms with Gasteiger partial charge < -0.3 is 15.8 Å². The summed E-state index contributed by atoms with van der Waals surface area (Å²) in [6.45, 7) is 6.58. The number of carbonyl (C=O) groups is 1. The lowest BCUT2D eigenvalue weighted by molar-refractivity contribution is 0.1000. The average molecular weight is 367 g/mol. The van der Waals surface area contributed by atoms with E-state index in [1.165, 1.54) is 36.6 Å². The molecule has 1 aromatic carbocycles. The quantitative estimate of drug-likeness (QED) is 0.691. The molecule has 0 fully saturated rings. The van der Waals surface area contributed by atoms with Crippen LogP contribution in [0.3, 0.4) is 0 Å². The van der Waals surface area contributed by atoms with Crippen LogP contribution in [-0.2, 0) is 6.42 Å². The van der Waals surface area contributed by atoms with Crippen molar-refractivity contribution in [2.75, 3.05) is 13.1 Å². The fourth-order valence-corrected chi connectivity index (χ4v) is 3.52. The molecule has 0 spiro atoms. The smallest absolute Gasteiger partial charge is 0.250 e. The Kier molecular flexibility index (Phi) is 6.45. The molecule has 1 aromatic heterocycles. The molecule has 27 heavy (non-hydrogen) atoms. The molecule has 5 nitrogen and oxygen atoms in total. The molecule has 1 heterocycles. The van der Waals surface area contributed by atoms with Crippen molar-refractivity contribution in [2.24, 2.45) is 11.7 Å². The number of rotatable bonds is 8. The van der Waals surface area contributed by atoms with E-state index < -0.39 is 5.91 Å². The molecule has 1 atom stereocenters. The maximum absolute atomic E-state index is 11.1. The van der Waals surface area contributed by atoms with Crippen LogP contribution < -0.4 is 15.8 Å². The second-order valence-corrected chi connectivity index (χ2v) is 7.69. The number of pyridine rings is 1. The highest BCUT2D eigenvalue weighted by atomic mass is 16.5. The zero-order valence-electron chi connectivity index (χ0n) is 16.2. The Balaban J connectivity index is 1.68. The van der Waals surface area contributed by atoms with Crippen LogP contribution in [-0.4, -0.2) is 24.0 Å². The molecule has 0 saturated carbocycles. The van der Waals surface area contributed by atoms with E-state index in [1.807, 2.05) is 6.07 Å². The average Bonchev–Trinajstić information content (AvgIpc) is 2.65. The summed E-state index contributed by atoms with van der Waals surface area (Å²) >= 11 is 0. The molecule has 1 aliphatic rings. The molecule has 0 saturated heterocycles. The number of benzene rings is 1. The molecular formula is C22H29N3O2. The maximum Gasteiger partial charge on any atom is 0.250 e.